The number of rotatable bonds is 6. The lowest BCUT2D eigenvalue weighted by molar-refractivity contribution is -0.0541. The van der Waals surface area contributed by atoms with Crippen LogP contribution in [0.15, 0.2) is 39.1 Å². The summed E-state index contributed by atoms with van der Waals surface area (Å²) >= 11 is 1.05. The van der Waals surface area contributed by atoms with Crippen LogP contribution in [0.3, 0.4) is 0 Å². The molecule has 3 heterocycles. The molecule has 0 amide bonds. The maximum atomic E-state index is 12.4. The number of aliphatic hydroxyl groups is 2. The van der Waals surface area contributed by atoms with Crippen molar-refractivity contribution in [1.82, 2.24) is 19.5 Å². The molecule has 14 nitrogen and oxygen atoms in total. The first kappa shape index (κ1) is 22.7. The number of hydrogen-bond acceptors (Lipinski definition) is 11. The van der Waals surface area contributed by atoms with Crippen LogP contribution in [0.1, 0.15) is 6.23 Å². The molecule has 4 rings (SSSR count). The largest absolute Gasteiger partial charge is 0.469 e. The Kier molecular flexibility index (Phi) is 6.00. The molecule has 0 saturated carbocycles. The van der Waals surface area contributed by atoms with Crippen molar-refractivity contribution in [3.63, 3.8) is 0 Å². The average molecular weight is 486 g/mol. The Morgan fingerprint density at radius 3 is 2.62 bits per heavy atom. The Hall–Kier alpha value is -2.49. The molecule has 1 aliphatic rings. The average Bonchev–Trinajstić information content (AvgIpc) is 3.19. The lowest BCUT2D eigenvalue weighted by Gasteiger charge is -2.19. The van der Waals surface area contributed by atoms with Crippen LogP contribution in [0.2, 0.25) is 0 Å². The van der Waals surface area contributed by atoms with Gasteiger partial charge in [-0.1, -0.05) is 12.1 Å². The highest BCUT2D eigenvalue weighted by Gasteiger charge is 2.46. The van der Waals surface area contributed by atoms with E-state index < -0.39 is 44.5 Å². The number of nitrogens with one attached hydrogen (secondary N) is 1. The Morgan fingerprint density at radius 2 is 1.94 bits per heavy atom. The van der Waals surface area contributed by atoms with E-state index in [1.54, 1.807) is 24.3 Å². The number of nitrogens with two attached hydrogens (primary N) is 2. The minimum absolute atomic E-state index is 0.0314. The third-order valence-electron chi connectivity index (χ3n) is 4.66. The second-order valence-electron chi connectivity index (χ2n) is 6.86. The second-order valence-corrected chi connectivity index (χ2v) is 9.11. The number of ether oxygens (including phenoxy) is 1. The van der Waals surface area contributed by atoms with Gasteiger partial charge in [-0.3, -0.25) is 18.9 Å². The molecular formula is C16H19N6O8PS. The van der Waals surface area contributed by atoms with Crippen molar-refractivity contribution in [2.75, 3.05) is 18.1 Å². The minimum atomic E-state index is -4.84. The van der Waals surface area contributed by atoms with Gasteiger partial charge in [0.15, 0.2) is 22.5 Å². The predicted molar refractivity (Wildman–Crippen MR) is 111 cm³/mol. The molecule has 0 aliphatic carbocycles. The molecule has 0 radical (unpaired) electrons. The molecule has 32 heavy (non-hydrogen) atoms. The van der Waals surface area contributed by atoms with E-state index in [1.165, 1.54) is 4.57 Å². The van der Waals surface area contributed by atoms with Gasteiger partial charge in [0, 0.05) is 10.6 Å². The van der Waals surface area contributed by atoms with Crippen LogP contribution in [-0.2, 0) is 13.8 Å². The van der Waals surface area contributed by atoms with Crippen molar-refractivity contribution in [3.05, 3.63) is 34.6 Å². The van der Waals surface area contributed by atoms with Crippen LogP contribution in [0.25, 0.3) is 11.2 Å². The molecule has 4 atom stereocenters. The summed E-state index contributed by atoms with van der Waals surface area (Å²) in [6.45, 7) is -0.699. The van der Waals surface area contributed by atoms with Crippen LogP contribution in [0.5, 0.6) is 0 Å². The van der Waals surface area contributed by atoms with Crippen molar-refractivity contribution in [3.8, 4) is 0 Å². The number of imidazole rings is 1. The van der Waals surface area contributed by atoms with Gasteiger partial charge in [0.2, 0.25) is 5.95 Å². The van der Waals surface area contributed by atoms with E-state index in [4.69, 9.17) is 26.0 Å². The SMILES string of the molecule is Nc1nc2c(nc(Sc3ccccc3N)n2[C@@H]2O[C@H](COP(=O)(O)O)[C@@H](O)[C@H]2O)c(=O)[nH]1. The molecule has 1 fully saturated rings. The number of anilines is 2. The molecule has 9 N–H and O–H groups in total. The summed E-state index contributed by atoms with van der Waals surface area (Å²) in [6, 6.07) is 6.86. The van der Waals surface area contributed by atoms with Gasteiger partial charge in [-0.15, -0.1) is 0 Å². The predicted octanol–water partition coefficient (Wildman–Crippen LogP) is -0.836. The van der Waals surface area contributed by atoms with Gasteiger partial charge in [0.05, 0.1) is 6.61 Å². The van der Waals surface area contributed by atoms with Crippen LogP contribution < -0.4 is 17.0 Å². The Bertz CT molecular complexity index is 1260. The number of nitrogens with zero attached hydrogens (tertiary/aromatic N) is 3. The molecule has 2 aromatic heterocycles. The third-order valence-corrected chi connectivity index (χ3v) is 6.20. The standard InChI is InChI=1S/C16H19N6O8PS/c17-6-3-1-2-4-8(6)32-16-19-9-12(20-15(18)21-13(9)25)22(16)14-11(24)10(23)7(30-14)5-29-31(26,27)28/h1-4,7,10-11,14,23-24H,5,17H2,(H2,26,27,28)(H3,18,20,21,25)/t7-,10-,11-,14-/m1/s1. The van der Waals surface area contributed by atoms with E-state index in [2.05, 4.69) is 19.5 Å². The van der Waals surface area contributed by atoms with Crippen LogP contribution in [0.4, 0.5) is 11.6 Å². The molecular weight excluding hydrogens is 467 g/mol. The van der Waals surface area contributed by atoms with E-state index in [-0.39, 0.29) is 22.3 Å². The monoisotopic (exact) mass is 486 g/mol. The van der Waals surface area contributed by atoms with Gasteiger partial charge in [0.1, 0.15) is 18.3 Å². The van der Waals surface area contributed by atoms with E-state index in [1.807, 2.05) is 0 Å². The van der Waals surface area contributed by atoms with E-state index in [0.29, 0.717) is 10.6 Å². The number of aromatic amines is 1. The fourth-order valence-electron chi connectivity index (χ4n) is 3.20. The summed E-state index contributed by atoms with van der Waals surface area (Å²) in [4.78, 5) is 41.5. The lowest BCUT2D eigenvalue weighted by Crippen LogP contribution is -2.33. The Morgan fingerprint density at radius 1 is 1.22 bits per heavy atom. The summed E-state index contributed by atoms with van der Waals surface area (Å²) < 4.78 is 22.3. The van der Waals surface area contributed by atoms with Crippen molar-refractivity contribution < 1.29 is 33.8 Å². The lowest BCUT2D eigenvalue weighted by atomic mass is 10.1. The van der Waals surface area contributed by atoms with Crippen LogP contribution in [-0.4, -0.2) is 64.4 Å². The number of benzene rings is 1. The number of aliphatic hydroxyl groups excluding tert-OH is 2. The first-order valence-electron chi connectivity index (χ1n) is 9.07. The minimum Gasteiger partial charge on any atom is -0.398 e. The summed E-state index contributed by atoms with van der Waals surface area (Å²) in [6.07, 6.45) is -5.77. The highest BCUT2D eigenvalue weighted by atomic mass is 32.2. The molecule has 0 bridgehead atoms. The summed E-state index contributed by atoms with van der Waals surface area (Å²) in [7, 11) is -4.84. The molecule has 1 aromatic carbocycles. The summed E-state index contributed by atoms with van der Waals surface area (Å²) in [5.41, 5.74) is 11.3. The fraction of sp³-hybridized carbons (Fsp3) is 0.312. The zero-order chi connectivity index (χ0) is 23.2. The number of phosphoric ester groups is 1. The zero-order valence-corrected chi connectivity index (χ0v) is 17.8. The van der Waals surface area contributed by atoms with Gasteiger partial charge in [0.25, 0.3) is 5.56 Å². The van der Waals surface area contributed by atoms with Crippen LogP contribution >= 0.6 is 19.6 Å². The normalized spacial score (nSPS) is 23.8. The molecule has 0 unspecified atom stereocenters. The zero-order valence-electron chi connectivity index (χ0n) is 16.1. The Labute approximate surface area is 183 Å². The number of para-hydroxylation sites is 1. The van der Waals surface area contributed by atoms with Crippen molar-refractivity contribution in [1.29, 1.82) is 0 Å². The number of phosphoric acid groups is 1. The van der Waals surface area contributed by atoms with Crippen LogP contribution in [0, 0.1) is 0 Å². The first-order valence-corrected chi connectivity index (χ1v) is 11.4. The number of hydrogen-bond donors (Lipinski definition) is 7. The van der Waals surface area contributed by atoms with Crippen molar-refractivity contribution in [2.24, 2.45) is 0 Å². The quantitative estimate of drug-likeness (QED) is 0.167. The fourth-order valence-corrected chi connectivity index (χ4v) is 4.50. The van der Waals surface area contributed by atoms with Gasteiger partial charge >= 0.3 is 7.82 Å². The third kappa shape index (κ3) is 4.37. The first-order chi connectivity index (χ1) is 15.0. The smallest absolute Gasteiger partial charge is 0.398 e. The van der Waals surface area contributed by atoms with Gasteiger partial charge < -0.3 is 36.2 Å². The number of aromatic nitrogens is 4. The number of H-pyrrole nitrogens is 1. The molecule has 172 valence electrons. The van der Waals surface area contributed by atoms with E-state index in [9.17, 15) is 19.6 Å². The van der Waals surface area contributed by atoms with E-state index >= 15 is 0 Å². The van der Waals surface area contributed by atoms with Gasteiger partial charge in [-0.05, 0) is 23.9 Å². The van der Waals surface area contributed by atoms with E-state index in [0.717, 1.165) is 11.8 Å². The molecule has 1 saturated heterocycles. The molecule has 0 spiro atoms. The molecule has 16 heteroatoms. The molecule has 1 aliphatic heterocycles. The maximum absolute atomic E-state index is 12.4. The molecule has 3 aromatic rings. The van der Waals surface area contributed by atoms with Crippen molar-refractivity contribution >= 4 is 42.4 Å². The number of fused-ring (bicyclic) bond motifs is 1. The maximum Gasteiger partial charge on any atom is 0.469 e. The van der Waals surface area contributed by atoms with Gasteiger partial charge in [-0.25, -0.2) is 9.55 Å². The topological polar surface area (TPSA) is 232 Å². The van der Waals surface area contributed by atoms with Gasteiger partial charge in [-0.2, -0.15) is 4.98 Å². The Balaban J connectivity index is 1.79. The summed E-state index contributed by atoms with van der Waals surface area (Å²) in [5, 5.41) is 21.1. The number of nitrogen functional groups attached to an aromatic ring is 2. The highest BCUT2D eigenvalue weighted by molar-refractivity contribution is 7.99. The summed E-state index contributed by atoms with van der Waals surface area (Å²) in [5.74, 6) is -0.214. The van der Waals surface area contributed by atoms with Crippen molar-refractivity contribution in [2.45, 2.75) is 34.6 Å². The highest BCUT2D eigenvalue weighted by Crippen LogP contribution is 2.41. The second kappa shape index (κ2) is 8.46.